The highest BCUT2D eigenvalue weighted by molar-refractivity contribution is 6.35. The van der Waals surface area contributed by atoms with Crippen LogP contribution in [-0.4, -0.2) is 9.78 Å². The standard InChI is InChI=1S/C11H11Cl2N3O/c1-16-11(17)5-10(15-16)6-14-9-3-7(12)2-8(13)4-9/h2-5,14-15H,6H2,1H3. The Morgan fingerprint density at radius 1 is 1.24 bits per heavy atom. The van der Waals surface area contributed by atoms with E-state index < -0.39 is 0 Å². The highest BCUT2D eigenvalue weighted by Gasteiger charge is 2.01. The molecule has 0 saturated heterocycles. The van der Waals surface area contributed by atoms with Gasteiger partial charge in [-0.1, -0.05) is 23.2 Å². The summed E-state index contributed by atoms with van der Waals surface area (Å²) in [5, 5.41) is 7.19. The van der Waals surface area contributed by atoms with Gasteiger partial charge in [-0.15, -0.1) is 0 Å². The molecule has 0 radical (unpaired) electrons. The molecule has 0 saturated carbocycles. The summed E-state index contributed by atoms with van der Waals surface area (Å²) >= 11 is 11.7. The van der Waals surface area contributed by atoms with Gasteiger partial charge >= 0.3 is 0 Å². The molecule has 1 aromatic carbocycles. The zero-order chi connectivity index (χ0) is 12.4. The lowest BCUT2D eigenvalue weighted by Gasteiger charge is -2.06. The summed E-state index contributed by atoms with van der Waals surface area (Å²) in [6.07, 6.45) is 0. The minimum atomic E-state index is -0.0640. The molecule has 2 rings (SSSR count). The number of hydrogen-bond donors (Lipinski definition) is 2. The van der Waals surface area contributed by atoms with Crippen LogP contribution in [0.1, 0.15) is 5.69 Å². The maximum absolute atomic E-state index is 11.2. The molecule has 4 nitrogen and oxygen atoms in total. The highest BCUT2D eigenvalue weighted by atomic mass is 35.5. The minimum absolute atomic E-state index is 0.0640. The van der Waals surface area contributed by atoms with Crippen molar-refractivity contribution < 1.29 is 0 Å². The zero-order valence-corrected chi connectivity index (χ0v) is 10.6. The summed E-state index contributed by atoms with van der Waals surface area (Å²) < 4.78 is 1.42. The molecule has 0 atom stereocenters. The van der Waals surface area contributed by atoms with E-state index in [4.69, 9.17) is 23.2 Å². The van der Waals surface area contributed by atoms with Gasteiger partial charge in [-0.05, 0) is 18.2 Å². The Bertz CT molecular complexity index is 568. The molecule has 2 aromatic rings. The average Bonchev–Trinajstić information content (AvgIpc) is 2.54. The smallest absolute Gasteiger partial charge is 0.266 e. The van der Waals surface area contributed by atoms with E-state index in [9.17, 15) is 4.79 Å². The van der Waals surface area contributed by atoms with Crippen molar-refractivity contribution in [3.63, 3.8) is 0 Å². The van der Waals surface area contributed by atoms with Crippen molar-refractivity contribution in [2.75, 3.05) is 5.32 Å². The number of nitrogens with one attached hydrogen (secondary N) is 2. The second-order valence-corrected chi connectivity index (χ2v) is 4.56. The molecular formula is C11H11Cl2N3O. The molecule has 0 aliphatic heterocycles. The van der Waals surface area contributed by atoms with Gasteiger partial charge in [0.15, 0.2) is 0 Å². The first-order chi connectivity index (χ1) is 8.04. The van der Waals surface area contributed by atoms with Gasteiger partial charge in [-0.2, -0.15) is 0 Å². The van der Waals surface area contributed by atoms with E-state index in [1.165, 1.54) is 4.68 Å². The fourth-order valence-corrected chi connectivity index (χ4v) is 2.02. The Hall–Kier alpha value is -1.39. The van der Waals surface area contributed by atoms with Crippen LogP contribution in [-0.2, 0) is 13.6 Å². The average molecular weight is 272 g/mol. The third-order valence-electron chi connectivity index (χ3n) is 2.29. The first kappa shape index (κ1) is 12.1. The van der Waals surface area contributed by atoms with Crippen molar-refractivity contribution in [3.05, 3.63) is 50.4 Å². The van der Waals surface area contributed by atoms with E-state index in [0.29, 0.717) is 16.6 Å². The molecule has 1 aromatic heterocycles. The molecule has 6 heteroatoms. The number of aromatic amines is 1. The van der Waals surface area contributed by atoms with E-state index in [0.717, 1.165) is 11.4 Å². The van der Waals surface area contributed by atoms with Crippen molar-refractivity contribution in [1.29, 1.82) is 0 Å². The van der Waals surface area contributed by atoms with Gasteiger partial charge in [0.2, 0.25) is 0 Å². The summed E-state index contributed by atoms with van der Waals surface area (Å²) in [6, 6.07) is 6.75. The molecule has 0 spiro atoms. The molecule has 0 bridgehead atoms. The van der Waals surface area contributed by atoms with Crippen molar-refractivity contribution in [3.8, 4) is 0 Å². The van der Waals surface area contributed by atoms with Crippen molar-refractivity contribution >= 4 is 28.9 Å². The van der Waals surface area contributed by atoms with E-state index in [1.54, 1.807) is 31.3 Å². The molecule has 0 fully saturated rings. The van der Waals surface area contributed by atoms with Gasteiger partial charge in [0, 0.05) is 28.8 Å². The number of aromatic nitrogens is 2. The molecule has 0 aliphatic rings. The van der Waals surface area contributed by atoms with E-state index in [1.807, 2.05) is 0 Å². The molecule has 0 unspecified atom stereocenters. The van der Waals surface area contributed by atoms with Crippen LogP contribution in [0.2, 0.25) is 10.0 Å². The SMILES string of the molecule is Cn1[nH]c(CNc2cc(Cl)cc(Cl)c2)cc1=O. The number of nitrogens with zero attached hydrogens (tertiary/aromatic N) is 1. The lowest BCUT2D eigenvalue weighted by atomic mass is 10.3. The molecule has 90 valence electrons. The Morgan fingerprint density at radius 3 is 2.41 bits per heavy atom. The van der Waals surface area contributed by atoms with Gasteiger partial charge < -0.3 is 5.32 Å². The van der Waals surface area contributed by atoms with Gasteiger partial charge in [0.1, 0.15) is 0 Å². The minimum Gasteiger partial charge on any atom is -0.379 e. The summed E-state index contributed by atoms with van der Waals surface area (Å²) in [5.74, 6) is 0. The lowest BCUT2D eigenvalue weighted by Crippen LogP contribution is -2.09. The normalized spacial score (nSPS) is 10.5. The van der Waals surface area contributed by atoms with Crippen LogP contribution in [0.25, 0.3) is 0 Å². The van der Waals surface area contributed by atoms with E-state index in [2.05, 4.69) is 10.4 Å². The van der Waals surface area contributed by atoms with E-state index in [-0.39, 0.29) is 5.56 Å². The third-order valence-corrected chi connectivity index (χ3v) is 2.72. The molecule has 17 heavy (non-hydrogen) atoms. The van der Waals surface area contributed by atoms with Gasteiger partial charge in [-0.25, -0.2) is 0 Å². The number of hydrogen-bond acceptors (Lipinski definition) is 2. The van der Waals surface area contributed by atoms with Gasteiger partial charge in [0.05, 0.1) is 12.2 Å². The monoisotopic (exact) mass is 271 g/mol. The first-order valence-electron chi connectivity index (χ1n) is 4.99. The summed E-state index contributed by atoms with van der Waals surface area (Å²) in [7, 11) is 1.67. The van der Waals surface area contributed by atoms with Crippen molar-refractivity contribution in [1.82, 2.24) is 9.78 Å². The van der Waals surface area contributed by atoms with Crippen LogP contribution in [0.5, 0.6) is 0 Å². The Morgan fingerprint density at radius 2 is 1.88 bits per heavy atom. The topological polar surface area (TPSA) is 49.8 Å². The number of halogens is 2. The van der Waals surface area contributed by atoms with Crippen LogP contribution < -0.4 is 10.9 Å². The summed E-state index contributed by atoms with van der Waals surface area (Å²) in [6.45, 7) is 0.507. The Balaban J connectivity index is 2.09. The number of rotatable bonds is 3. The quantitative estimate of drug-likeness (QED) is 0.902. The number of aryl methyl sites for hydroxylation is 1. The second-order valence-electron chi connectivity index (χ2n) is 3.69. The summed E-state index contributed by atoms with van der Waals surface area (Å²) in [4.78, 5) is 11.2. The Labute approximate surface area is 108 Å². The molecule has 0 amide bonds. The van der Waals surface area contributed by atoms with Crippen LogP contribution >= 0.6 is 23.2 Å². The van der Waals surface area contributed by atoms with Crippen molar-refractivity contribution in [2.24, 2.45) is 7.05 Å². The maximum Gasteiger partial charge on any atom is 0.266 e. The second kappa shape index (κ2) is 4.85. The van der Waals surface area contributed by atoms with E-state index >= 15 is 0 Å². The van der Waals surface area contributed by atoms with Gasteiger partial charge in [-0.3, -0.25) is 14.6 Å². The summed E-state index contributed by atoms with van der Waals surface area (Å²) in [5.41, 5.74) is 1.55. The largest absolute Gasteiger partial charge is 0.379 e. The molecule has 2 N–H and O–H groups in total. The fraction of sp³-hybridized carbons (Fsp3) is 0.182. The van der Waals surface area contributed by atoms with Crippen LogP contribution in [0, 0.1) is 0 Å². The van der Waals surface area contributed by atoms with Crippen molar-refractivity contribution in [2.45, 2.75) is 6.54 Å². The Kier molecular flexibility index (Phi) is 3.45. The fourth-order valence-electron chi connectivity index (χ4n) is 1.49. The van der Waals surface area contributed by atoms with Gasteiger partial charge in [0.25, 0.3) is 5.56 Å². The molecule has 0 aliphatic carbocycles. The van der Waals surface area contributed by atoms with Crippen LogP contribution in [0.4, 0.5) is 5.69 Å². The maximum atomic E-state index is 11.2. The molecular weight excluding hydrogens is 261 g/mol. The predicted octanol–water partition coefficient (Wildman–Crippen LogP) is 2.63. The number of anilines is 1. The molecule has 1 heterocycles. The zero-order valence-electron chi connectivity index (χ0n) is 9.13. The lowest BCUT2D eigenvalue weighted by molar-refractivity contribution is 0.723. The predicted molar refractivity (Wildman–Crippen MR) is 69.8 cm³/mol. The number of H-pyrrole nitrogens is 1. The van der Waals surface area contributed by atoms with Crippen LogP contribution in [0.3, 0.4) is 0 Å². The first-order valence-corrected chi connectivity index (χ1v) is 5.75. The number of benzene rings is 1. The van der Waals surface area contributed by atoms with Crippen LogP contribution in [0.15, 0.2) is 29.1 Å². The third kappa shape index (κ3) is 3.05. The highest BCUT2D eigenvalue weighted by Crippen LogP contribution is 2.22.